The van der Waals surface area contributed by atoms with Gasteiger partial charge in [-0.15, -0.1) is 11.3 Å². The highest BCUT2D eigenvalue weighted by Crippen LogP contribution is 2.24. The first-order chi connectivity index (χ1) is 11.6. The topological polar surface area (TPSA) is 77.1 Å². The Hall–Kier alpha value is -2.93. The van der Waals surface area contributed by atoms with Gasteiger partial charge in [-0.05, 0) is 37.3 Å². The second kappa shape index (κ2) is 5.61. The molecule has 7 heteroatoms. The third-order valence-corrected chi connectivity index (χ3v) is 4.59. The molecule has 4 aromatic rings. The number of aryl methyl sites for hydroxylation is 1. The molecule has 6 nitrogen and oxygen atoms in total. The highest BCUT2D eigenvalue weighted by molar-refractivity contribution is 7.18. The van der Waals surface area contributed by atoms with Crippen LogP contribution < -0.4 is 11.1 Å². The van der Waals surface area contributed by atoms with Gasteiger partial charge in [0.05, 0.1) is 20.7 Å². The van der Waals surface area contributed by atoms with Crippen molar-refractivity contribution in [3.05, 3.63) is 58.0 Å². The molecule has 0 spiro atoms. The summed E-state index contributed by atoms with van der Waals surface area (Å²) < 4.78 is 7.46. The number of carbonyl (C=O) groups excluding carboxylic acids is 1. The first-order valence-corrected chi connectivity index (χ1v) is 8.17. The van der Waals surface area contributed by atoms with E-state index >= 15 is 0 Å². The van der Waals surface area contributed by atoms with Crippen molar-refractivity contribution < 1.29 is 9.21 Å². The number of oxazole rings is 1. The second-order valence-electron chi connectivity index (χ2n) is 5.39. The lowest BCUT2D eigenvalue weighted by Crippen LogP contribution is -2.24. The SMILES string of the molecule is Cc1nc2ccc(NC(=O)Cn3c(=O)oc4ccccc43)cc2s1. The Labute approximate surface area is 140 Å². The third-order valence-electron chi connectivity index (χ3n) is 3.65. The molecule has 4 rings (SSSR count). The molecule has 1 amide bonds. The number of anilines is 1. The lowest BCUT2D eigenvalue weighted by atomic mass is 10.3. The van der Waals surface area contributed by atoms with E-state index in [2.05, 4.69) is 10.3 Å². The largest absolute Gasteiger partial charge is 0.420 e. The van der Waals surface area contributed by atoms with Gasteiger partial charge < -0.3 is 9.73 Å². The number of rotatable bonds is 3. The van der Waals surface area contributed by atoms with Gasteiger partial charge in [0.1, 0.15) is 6.54 Å². The summed E-state index contributed by atoms with van der Waals surface area (Å²) in [6.45, 7) is 1.84. The summed E-state index contributed by atoms with van der Waals surface area (Å²) in [5.41, 5.74) is 2.66. The fraction of sp³-hybridized carbons (Fsp3) is 0.118. The standard InChI is InChI=1S/C17H13N3O3S/c1-10-18-12-7-6-11(8-15(12)24-10)19-16(21)9-20-13-4-2-3-5-14(13)23-17(20)22/h2-8H,9H2,1H3,(H,19,21). The zero-order valence-corrected chi connectivity index (χ0v) is 13.6. The Morgan fingerprint density at radius 2 is 2.12 bits per heavy atom. The van der Waals surface area contributed by atoms with Crippen molar-refractivity contribution in [3.8, 4) is 0 Å². The summed E-state index contributed by atoms with van der Waals surface area (Å²) in [6.07, 6.45) is 0. The van der Waals surface area contributed by atoms with Crippen LogP contribution in [0, 0.1) is 6.92 Å². The average molecular weight is 339 g/mol. The van der Waals surface area contributed by atoms with Crippen molar-refractivity contribution in [2.45, 2.75) is 13.5 Å². The molecule has 0 radical (unpaired) electrons. The van der Waals surface area contributed by atoms with Crippen LogP contribution in [-0.2, 0) is 11.3 Å². The molecule has 0 bridgehead atoms. The van der Waals surface area contributed by atoms with E-state index in [1.165, 1.54) is 4.57 Å². The van der Waals surface area contributed by atoms with Crippen LogP contribution in [0.5, 0.6) is 0 Å². The minimum Gasteiger partial charge on any atom is -0.408 e. The number of hydrogen-bond acceptors (Lipinski definition) is 5. The number of carbonyl (C=O) groups is 1. The second-order valence-corrected chi connectivity index (χ2v) is 6.62. The molecule has 0 saturated carbocycles. The van der Waals surface area contributed by atoms with E-state index in [1.807, 2.05) is 19.1 Å². The van der Waals surface area contributed by atoms with Crippen LogP contribution >= 0.6 is 11.3 Å². The smallest absolute Gasteiger partial charge is 0.408 e. The number of amides is 1. The Bertz CT molecular complexity index is 1120. The zero-order chi connectivity index (χ0) is 16.7. The van der Waals surface area contributed by atoms with Crippen LogP contribution in [0.3, 0.4) is 0 Å². The maximum absolute atomic E-state index is 12.3. The van der Waals surface area contributed by atoms with E-state index in [9.17, 15) is 9.59 Å². The van der Waals surface area contributed by atoms with E-state index in [4.69, 9.17) is 4.42 Å². The lowest BCUT2D eigenvalue weighted by molar-refractivity contribution is -0.116. The number of fused-ring (bicyclic) bond motifs is 2. The highest BCUT2D eigenvalue weighted by atomic mass is 32.1. The lowest BCUT2D eigenvalue weighted by Gasteiger charge is -2.05. The molecule has 1 N–H and O–H groups in total. The molecule has 0 aliphatic heterocycles. The number of benzene rings is 2. The molecule has 0 aliphatic rings. The van der Waals surface area contributed by atoms with Gasteiger partial charge in [0.25, 0.3) is 0 Å². The minimum absolute atomic E-state index is 0.102. The molecule has 0 saturated heterocycles. The first kappa shape index (κ1) is 14.6. The molecular weight excluding hydrogens is 326 g/mol. The number of nitrogens with zero attached hydrogens (tertiary/aromatic N) is 2. The Kier molecular flexibility index (Phi) is 3.42. The van der Waals surface area contributed by atoms with Crippen molar-refractivity contribution in [1.82, 2.24) is 9.55 Å². The predicted octanol–water partition coefficient (Wildman–Crippen LogP) is 3.15. The monoisotopic (exact) mass is 339 g/mol. The molecule has 24 heavy (non-hydrogen) atoms. The number of nitrogens with one attached hydrogen (secondary N) is 1. The summed E-state index contributed by atoms with van der Waals surface area (Å²) >= 11 is 1.57. The fourth-order valence-electron chi connectivity index (χ4n) is 2.63. The van der Waals surface area contributed by atoms with E-state index in [0.717, 1.165) is 15.2 Å². The summed E-state index contributed by atoms with van der Waals surface area (Å²) in [6, 6.07) is 12.6. The highest BCUT2D eigenvalue weighted by Gasteiger charge is 2.12. The summed E-state index contributed by atoms with van der Waals surface area (Å²) in [7, 11) is 0. The van der Waals surface area contributed by atoms with Crippen molar-refractivity contribution in [1.29, 1.82) is 0 Å². The number of para-hydroxylation sites is 2. The van der Waals surface area contributed by atoms with Crippen LogP contribution in [-0.4, -0.2) is 15.5 Å². The van der Waals surface area contributed by atoms with Crippen molar-refractivity contribution in [2.24, 2.45) is 0 Å². The third kappa shape index (κ3) is 2.59. The zero-order valence-electron chi connectivity index (χ0n) is 12.8. The summed E-state index contributed by atoms with van der Waals surface area (Å²) in [5.74, 6) is -0.830. The molecule has 0 aliphatic carbocycles. The van der Waals surface area contributed by atoms with Crippen LogP contribution in [0.15, 0.2) is 51.7 Å². The van der Waals surface area contributed by atoms with Gasteiger partial charge >= 0.3 is 5.76 Å². The van der Waals surface area contributed by atoms with Crippen LogP contribution in [0.1, 0.15) is 5.01 Å². The van der Waals surface area contributed by atoms with E-state index in [1.54, 1.807) is 41.7 Å². The van der Waals surface area contributed by atoms with Crippen LogP contribution in [0.2, 0.25) is 0 Å². The normalized spacial score (nSPS) is 11.2. The van der Waals surface area contributed by atoms with Crippen molar-refractivity contribution >= 4 is 44.2 Å². The van der Waals surface area contributed by atoms with Crippen LogP contribution in [0.25, 0.3) is 21.3 Å². The van der Waals surface area contributed by atoms with Gasteiger partial charge in [-0.25, -0.2) is 9.78 Å². The van der Waals surface area contributed by atoms with Gasteiger partial charge in [0.2, 0.25) is 5.91 Å². The molecule has 2 aromatic heterocycles. The van der Waals surface area contributed by atoms with E-state index < -0.39 is 5.76 Å². The molecule has 2 aromatic carbocycles. The molecule has 120 valence electrons. The molecule has 0 unspecified atom stereocenters. The first-order valence-electron chi connectivity index (χ1n) is 7.35. The molecule has 2 heterocycles. The molecular formula is C17H13N3O3S. The van der Waals surface area contributed by atoms with Crippen molar-refractivity contribution in [2.75, 3.05) is 5.32 Å². The summed E-state index contributed by atoms with van der Waals surface area (Å²) in [5, 5.41) is 3.79. The number of aromatic nitrogens is 2. The van der Waals surface area contributed by atoms with Gasteiger partial charge in [-0.3, -0.25) is 9.36 Å². The van der Waals surface area contributed by atoms with Crippen molar-refractivity contribution in [3.63, 3.8) is 0 Å². The maximum atomic E-state index is 12.3. The Balaban J connectivity index is 1.59. The maximum Gasteiger partial charge on any atom is 0.420 e. The van der Waals surface area contributed by atoms with Gasteiger partial charge in [-0.2, -0.15) is 0 Å². The fourth-order valence-corrected chi connectivity index (χ4v) is 3.49. The quantitative estimate of drug-likeness (QED) is 0.622. The molecule has 0 fully saturated rings. The Morgan fingerprint density at radius 3 is 3.00 bits per heavy atom. The van der Waals surface area contributed by atoms with Gasteiger partial charge in [0.15, 0.2) is 5.58 Å². The average Bonchev–Trinajstić information content (AvgIpc) is 3.06. The number of thiazole rings is 1. The predicted molar refractivity (Wildman–Crippen MR) is 93.5 cm³/mol. The molecule has 0 atom stereocenters. The van der Waals surface area contributed by atoms with Gasteiger partial charge in [0, 0.05) is 5.69 Å². The number of hydrogen-bond donors (Lipinski definition) is 1. The Morgan fingerprint density at radius 1 is 1.29 bits per heavy atom. The van der Waals surface area contributed by atoms with E-state index in [-0.39, 0.29) is 12.5 Å². The van der Waals surface area contributed by atoms with E-state index in [0.29, 0.717) is 16.8 Å². The minimum atomic E-state index is -0.542. The van der Waals surface area contributed by atoms with Crippen LogP contribution in [0.4, 0.5) is 5.69 Å². The summed E-state index contributed by atoms with van der Waals surface area (Å²) in [4.78, 5) is 28.6. The van der Waals surface area contributed by atoms with Gasteiger partial charge in [-0.1, -0.05) is 12.1 Å².